The third-order valence-corrected chi connectivity index (χ3v) is 8.61. The van der Waals surface area contributed by atoms with Crippen molar-refractivity contribution in [2.24, 2.45) is 0 Å². The third kappa shape index (κ3) is 4.58. The fourth-order valence-corrected chi connectivity index (χ4v) is 6.17. The number of sulfonamides is 1. The molecule has 38 heavy (non-hydrogen) atoms. The minimum absolute atomic E-state index is 0.0740. The Balaban J connectivity index is 1.19. The molecule has 2 aliphatic rings. The first-order chi connectivity index (χ1) is 18.3. The van der Waals surface area contributed by atoms with E-state index in [1.165, 1.54) is 28.9 Å². The quantitative estimate of drug-likeness (QED) is 0.383. The van der Waals surface area contributed by atoms with Gasteiger partial charge in [-0.1, -0.05) is 12.1 Å². The molecule has 0 radical (unpaired) electrons. The van der Waals surface area contributed by atoms with Crippen LogP contribution in [0.4, 0.5) is 4.39 Å². The van der Waals surface area contributed by atoms with Crippen LogP contribution in [0.2, 0.25) is 0 Å². The number of rotatable bonds is 7. The summed E-state index contributed by atoms with van der Waals surface area (Å²) >= 11 is 0. The number of aliphatic hydroxyl groups excluding tert-OH is 1. The molecule has 2 aromatic heterocycles. The maximum atomic E-state index is 14.7. The summed E-state index contributed by atoms with van der Waals surface area (Å²) in [4.78, 5) is 10.3. The summed E-state index contributed by atoms with van der Waals surface area (Å²) in [6.45, 7) is 1.90. The number of hydrogen-bond acceptors (Lipinski definition) is 8. The van der Waals surface area contributed by atoms with Crippen molar-refractivity contribution in [1.29, 1.82) is 0 Å². The van der Waals surface area contributed by atoms with Gasteiger partial charge in [0, 0.05) is 32.4 Å². The molecule has 6 rings (SSSR count). The van der Waals surface area contributed by atoms with Crippen LogP contribution in [0.1, 0.15) is 28.5 Å². The highest BCUT2D eigenvalue weighted by atomic mass is 32.2. The number of hydrogen-bond donors (Lipinski definition) is 1. The standard InChI is InChI=1S/C27H25FN4O5S/c1-31-15-21(16-31)37-20-4-2-3-17(9-20)26(33)25-10-18-13-32(14-19(18)12-30-25)38(34,35)22-5-6-23(24(28)11-22)27-29-7-8-36-27/h2-12,21,26,33H,13-16H2,1H3/t26-/m1/s1. The lowest BCUT2D eigenvalue weighted by Gasteiger charge is -2.36. The van der Waals surface area contributed by atoms with E-state index >= 15 is 0 Å². The van der Waals surface area contributed by atoms with Crippen molar-refractivity contribution in [3.8, 4) is 17.2 Å². The van der Waals surface area contributed by atoms with E-state index < -0.39 is 21.9 Å². The number of aromatic nitrogens is 2. The topological polar surface area (TPSA) is 109 Å². The van der Waals surface area contributed by atoms with Gasteiger partial charge < -0.3 is 14.3 Å². The summed E-state index contributed by atoms with van der Waals surface area (Å²) in [6, 6.07) is 12.6. The van der Waals surface area contributed by atoms with E-state index in [9.17, 15) is 17.9 Å². The molecule has 0 bridgehead atoms. The Kier molecular flexibility index (Phi) is 6.23. The zero-order valence-electron chi connectivity index (χ0n) is 20.5. The van der Waals surface area contributed by atoms with E-state index in [0.29, 0.717) is 17.0 Å². The van der Waals surface area contributed by atoms with Gasteiger partial charge in [0.1, 0.15) is 30.0 Å². The highest BCUT2D eigenvalue weighted by molar-refractivity contribution is 7.89. The molecule has 0 unspecified atom stereocenters. The van der Waals surface area contributed by atoms with Crippen molar-refractivity contribution in [2.45, 2.75) is 30.2 Å². The second-order valence-electron chi connectivity index (χ2n) is 9.57. The average Bonchev–Trinajstić information content (AvgIpc) is 3.58. The molecule has 1 saturated heterocycles. The lowest BCUT2D eigenvalue weighted by atomic mass is 10.0. The zero-order chi connectivity index (χ0) is 26.4. The lowest BCUT2D eigenvalue weighted by Crippen LogP contribution is -2.51. The number of nitrogens with zero attached hydrogens (tertiary/aromatic N) is 4. The van der Waals surface area contributed by atoms with Gasteiger partial charge in [-0.2, -0.15) is 4.31 Å². The van der Waals surface area contributed by atoms with Gasteiger partial charge in [-0.25, -0.2) is 17.8 Å². The molecule has 2 aliphatic heterocycles. The van der Waals surface area contributed by atoms with Gasteiger partial charge in [0.15, 0.2) is 0 Å². The molecule has 196 valence electrons. The van der Waals surface area contributed by atoms with Gasteiger partial charge in [-0.3, -0.25) is 9.88 Å². The second-order valence-corrected chi connectivity index (χ2v) is 11.5. The number of fused-ring (bicyclic) bond motifs is 1. The number of aliphatic hydroxyl groups is 1. The van der Waals surface area contributed by atoms with Crippen LogP contribution < -0.4 is 4.74 Å². The molecule has 0 aliphatic carbocycles. The summed E-state index contributed by atoms with van der Waals surface area (Å²) in [5.41, 5.74) is 2.58. The predicted octanol–water partition coefficient (Wildman–Crippen LogP) is 3.35. The third-order valence-electron chi connectivity index (χ3n) is 6.83. The Morgan fingerprint density at radius 2 is 1.92 bits per heavy atom. The van der Waals surface area contributed by atoms with Crippen molar-refractivity contribution in [3.05, 3.63) is 95.4 Å². The minimum Gasteiger partial charge on any atom is -0.488 e. The SMILES string of the molecule is CN1CC(Oc2cccc([C@@H](O)c3cc4c(cn3)CN(S(=O)(=O)c3ccc(-c5ncco5)c(F)c3)C4)c2)C1. The van der Waals surface area contributed by atoms with E-state index in [1.54, 1.807) is 24.4 Å². The van der Waals surface area contributed by atoms with Gasteiger partial charge in [0.2, 0.25) is 15.9 Å². The Hall–Kier alpha value is -3.64. The Morgan fingerprint density at radius 3 is 2.66 bits per heavy atom. The minimum atomic E-state index is -3.99. The Morgan fingerprint density at radius 1 is 1.11 bits per heavy atom. The summed E-state index contributed by atoms with van der Waals surface area (Å²) in [5, 5.41) is 11.0. The first kappa shape index (κ1) is 24.7. The second kappa shape index (κ2) is 9.59. The van der Waals surface area contributed by atoms with Crippen LogP contribution in [-0.2, 0) is 23.1 Å². The molecule has 9 nitrogen and oxygen atoms in total. The van der Waals surface area contributed by atoms with E-state index in [-0.39, 0.29) is 35.5 Å². The van der Waals surface area contributed by atoms with Crippen molar-refractivity contribution in [1.82, 2.24) is 19.2 Å². The zero-order valence-corrected chi connectivity index (χ0v) is 21.3. The largest absolute Gasteiger partial charge is 0.488 e. The maximum Gasteiger partial charge on any atom is 0.243 e. The number of likely N-dealkylation sites (N-methyl/N-ethyl adjacent to an activating group) is 1. The van der Waals surface area contributed by atoms with Crippen LogP contribution in [0.3, 0.4) is 0 Å². The lowest BCUT2D eigenvalue weighted by molar-refractivity contribution is 0.0386. The van der Waals surface area contributed by atoms with Crippen molar-refractivity contribution < 1.29 is 27.1 Å². The first-order valence-electron chi connectivity index (χ1n) is 12.1. The summed E-state index contributed by atoms with van der Waals surface area (Å²) < 4.78 is 53.7. The average molecular weight is 537 g/mol. The van der Waals surface area contributed by atoms with Crippen LogP contribution in [0.5, 0.6) is 5.75 Å². The number of benzene rings is 2. The van der Waals surface area contributed by atoms with E-state index in [0.717, 1.165) is 30.3 Å². The van der Waals surface area contributed by atoms with Gasteiger partial charge >= 0.3 is 0 Å². The number of oxazole rings is 1. The fraction of sp³-hybridized carbons (Fsp3) is 0.259. The molecule has 1 N–H and O–H groups in total. The van der Waals surface area contributed by atoms with Crippen molar-refractivity contribution in [2.75, 3.05) is 20.1 Å². The van der Waals surface area contributed by atoms with Gasteiger partial charge in [-0.05, 0) is 60.1 Å². The highest BCUT2D eigenvalue weighted by Crippen LogP contribution is 2.33. The molecule has 4 aromatic rings. The maximum absolute atomic E-state index is 14.7. The normalized spacial score (nSPS) is 17.2. The molecule has 0 spiro atoms. The molecule has 2 aromatic carbocycles. The molecule has 11 heteroatoms. The highest BCUT2D eigenvalue weighted by Gasteiger charge is 2.32. The fourth-order valence-electron chi connectivity index (χ4n) is 4.76. The van der Waals surface area contributed by atoms with Gasteiger partial charge in [-0.15, -0.1) is 0 Å². The summed E-state index contributed by atoms with van der Waals surface area (Å²) in [6.07, 6.45) is 3.41. The predicted molar refractivity (Wildman–Crippen MR) is 135 cm³/mol. The molecule has 1 atom stereocenters. The van der Waals surface area contributed by atoms with Crippen LogP contribution in [-0.4, -0.2) is 58.9 Å². The van der Waals surface area contributed by atoms with Crippen molar-refractivity contribution >= 4 is 10.0 Å². The van der Waals surface area contributed by atoms with Gasteiger partial charge in [0.25, 0.3) is 0 Å². The van der Waals surface area contributed by atoms with Crippen LogP contribution >= 0.6 is 0 Å². The molecular formula is C27H25FN4O5S. The monoisotopic (exact) mass is 536 g/mol. The van der Waals surface area contributed by atoms with Crippen molar-refractivity contribution in [3.63, 3.8) is 0 Å². The smallest absolute Gasteiger partial charge is 0.243 e. The van der Waals surface area contributed by atoms with E-state index in [2.05, 4.69) is 14.9 Å². The summed E-state index contributed by atoms with van der Waals surface area (Å²) in [5.74, 6) is 0.0111. The van der Waals surface area contributed by atoms with Crippen LogP contribution in [0.15, 0.2) is 76.5 Å². The van der Waals surface area contributed by atoms with Crippen LogP contribution in [0.25, 0.3) is 11.5 Å². The Bertz CT molecular complexity index is 1590. The van der Waals surface area contributed by atoms with E-state index in [1.807, 2.05) is 19.2 Å². The number of ether oxygens (including phenoxy) is 1. The Labute approximate surface area is 219 Å². The number of pyridine rings is 1. The molecular weight excluding hydrogens is 511 g/mol. The van der Waals surface area contributed by atoms with E-state index in [4.69, 9.17) is 9.15 Å². The van der Waals surface area contributed by atoms with Gasteiger partial charge in [0.05, 0.1) is 22.3 Å². The number of halogens is 1. The molecule has 4 heterocycles. The molecule has 1 fully saturated rings. The molecule has 0 amide bonds. The first-order valence-corrected chi connectivity index (χ1v) is 13.5. The summed E-state index contributed by atoms with van der Waals surface area (Å²) in [7, 11) is -1.96. The molecule has 0 saturated carbocycles. The van der Waals surface area contributed by atoms with Crippen LogP contribution in [0, 0.1) is 5.82 Å². The number of likely N-dealkylation sites (tertiary alicyclic amines) is 1.